The summed E-state index contributed by atoms with van der Waals surface area (Å²) in [6.45, 7) is 15.4. The van der Waals surface area contributed by atoms with Gasteiger partial charge in [0.15, 0.2) is 8.32 Å². The quantitative estimate of drug-likeness (QED) is 0.0794. The number of rotatable bonds is 14. The maximum absolute atomic E-state index is 13.3. The second-order valence-electron chi connectivity index (χ2n) is 18.3. The number of nitrogens with one attached hydrogen (secondary N) is 2. The molecule has 6 aromatic rings. The number of piperidine rings is 3. The zero-order valence-corrected chi connectivity index (χ0v) is 38.0. The predicted molar refractivity (Wildman–Crippen MR) is 254 cm³/mol. The molecule has 3 saturated heterocycles. The highest BCUT2D eigenvalue weighted by Crippen LogP contribution is 2.42. The first-order valence-corrected chi connectivity index (χ1v) is 25.4. The molecule has 11 nitrogen and oxygen atoms in total. The second-order valence-corrected chi connectivity index (χ2v) is 24.0. The fraction of sp³-hybridized carbons (Fsp3) is 0.367. The number of aromatic nitrogens is 2. The molecule has 3 aliphatic rings. The second kappa shape index (κ2) is 17.8. The van der Waals surface area contributed by atoms with Crippen LogP contribution in [-0.4, -0.2) is 71.3 Å². The minimum Gasteiger partial charge on any atom is -0.506 e. The number of hydrogen-bond acceptors (Lipinski definition) is 8. The SMILES string of the molecule is CC(C)(C)[Si](C)(C)O[C@@H](CNCc1ccc2c(c1)sc(=O)n2CCC=Cc1ccc(-c2ccccc2)c(N(C(=O)O)[C@H]2CN3CCC2CC3)c1)c1ccc(O)c2[nH]c(=O)ccc12. The Labute approximate surface area is 367 Å². The van der Waals surface area contributed by atoms with Gasteiger partial charge in [0.05, 0.1) is 33.6 Å². The van der Waals surface area contributed by atoms with Crippen molar-refractivity contribution in [1.82, 2.24) is 19.8 Å². The van der Waals surface area contributed by atoms with E-state index in [1.165, 1.54) is 17.4 Å². The van der Waals surface area contributed by atoms with Crippen LogP contribution in [-0.2, 0) is 17.5 Å². The summed E-state index contributed by atoms with van der Waals surface area (Å²) in [6, 6.07) is 28.8. The lowest BCUT2D eigenvalue weighted by Gasteiger charge is -2.48. The van der Waals surface area contributed by atoms with Gasteiger partial charge in [-0.2, -0.15) is 0 Å². The van der Waals surface area contributed by atoms with E-state index in [9.17, 15) is 24.6 Å². The maximum Gasteiger partial charge on any atom is 0.412 e. The molecule has 1 amide bonds. The summed E-state index contributed by atoms with van der Waals surface area (Å²) in [5.41, 5.74) is 6.45. The van der Waals surface area contributed by atoms with E-state index in [0.29, 0.717) is 43.2 Å². The van der Waals surface area contributed by atoms with Crippen molar-refractivity contribution in [3.05, 3.63) is 134 Å². The lowest BCUT2D eigenvalue weighted by Crippen LogP contribution is -2.59. The van der Waals surface area contributed by atoms with Crippen molar-refractivity contribution in [2.24, 2.45) is 5.92 Å². The fourth-order valence-corrected chi connectivity index (χ4v) is 11.1. The summed E-state index contributed by atoms with van der Waals surface area (Å²) in [5.74, 6) is 0.360. The van der Waals surface area contributed by atoms with Crippen molar-refractivity contribution in [2.45, 2.75) is 83.4 Å². The van der Waals surface area contributed by atoms with Crippen molar-refractivity contribution in [3.63, 3.8) is 0 Å². The van der Waals surface area contributed by atoms with E-state index in [-0.39, 0.29) is 33.4 Å². The summed E-state index contributed by atoms with van der Waals surface area (Å²) >= 11 is 1.24. The van der Waals surface area contributed by atoms with Crippen LogP contribution in [0.25, 0.3) is 38.3 Å². The molecule has 9 rings (SSSR count). The third-order valence-corrected chi connectivity index (χ3v) is 18.7. The van der Waals surface area contributed by atoms with Crippen molar-refractivity contribution in [1.29, 1.82) is 0 Å². The molecule has 4 aromatic carbocycles. The van der Waals surface area contributed by atoms with Crippen LogP contribution < -0.4 is 20.6 Å². The van der Waals surface area contributed by atoms with E-state index in [1.807, 2.05) is 71.3 Å². The number of fused-ring (bicyclic) bond motifs is 5. The molecule has 13 heteroatoms. The van der Waals surface area contributed by atoms with Gasteiger partial charge in [-0.1, -0.05) is 98.9 Å². The number of carboxylic acid groups (broad SMARTS) is 1. The van der Waals surface area contributed by atoms with Gasteiger partial charge in [0.2, 0.25) is 5.56 Å². The van der Waals surface area contributed by atoms with Crippen LogP contribution in [0.15, 0.2) is 107 Å². The largest absolute Gasteiger partial charge is 0.506 e. The number of benzene rings is 4. The molecule has 324 valence electrons. The van der Waals surface area contributed by atoms with Gasteiger partial charge in [0, 0.05) is 43.2 Å². The lowest BCUT2D eigenvalue weighted by atomic mass is 9.82. The average molecular weight is 872 g/mol. The molecule has 0 aliphatic carbocycles. The van der Waals surface area contributed by atoms with E-state index in [2.05, 4.69) is 67.3 Å². The molecule has 4 N–H and O–H groups in total. The number of thiazole rings is 1. The minimum absolute atomic E-state index is 0.0114. The highest BCUT2D eigenvalue weighted by Gasteiger charge is 2.41. The van der Waals surface area contributed by atoms with Crippen molar-refractivity contribution < 1.29 is 19.4 Å². The number of amides is 1. The molecule has 0 radical (unpaired) electrons. The third-order valence-electron chi connectivity index (χ3n) is 13.2. The molecular formula is C49H57N5O6SSi. The van der Waals surface area contributed by atoms with E-state index in [0.717, 1.165) is 75.9 Å². The molecule has 2 aromatic heterocycles. The van der Waals surface area contributed by atoms with Crippen LogP contribution in [0, 0.1) is 5.92 Å². The Bertz CT molecular complexity index is 2730. The summed E-state index contributed by atoms with van der Waals surface area (Å²) in [6.07, 6.45) is 5.49. The predicted octanol–water partition coefficient (Wildman–Crippen LogP) is 9.81. The average Bonchev–Trinajstić information content (AvgIpc) is 3.56. The van der Waals surface area contributed by atoms with Crippen molar-refractivity contribution in [3.8, 4) is 16.9 Å². The number of allylic oxidation sites excluding steroid dienone is 1. The Morgan fingerprint density at radius 2 is 1.79 bits per heavy atom. The van der Waals surface area contributed by atoms with Gasteiger partial charge >= 0.3 is 11.0 Å². The molecule has 3 fully saturated rings. The van der Waals surface area contributed by atoms with Crippen LogP contribution >= 0.6 is 11.3 Å². The Morgan fingerprint density at radius 3 is 2.50 bits per heavy atom. The minimum atomic E-state index is -2.24. The van der Waals surface area contributed by atoms with Crippen molar-refractivity contribution >= 4 is 58.6 Å². The molecule has 62 heavy (non-hydrogen) atoms. The van der Waals surface area contributed by atoms with Crippen molar-refractivity contribution in [2.75, 3.05) is 31.1 Å². The van der Waals surface area contributed by atoms with Gasteiger partial charge in [-0.25, -0.2) is 4.79 Å². The molecule has 0 spiro atoms. The highest BCUT2D eigenvalue weighted by atomic mass is 32.1. The van der Waals surface area contributed by atoms with Crippen LogP contribution in [0.2, 0.25) is 18.1 Å². The molecule has 5 heterocycles. The Kier molecular flexibility index (Phi) is 12.5. The molecule has 0 saturated carbocycles. The molecule has 3 aliphatic heterocycles. The summed E-state index contributed by atoms with van der Waals surface area (Å²) < 4.78 is 9.73. The lowest BCUT2D eigenvalue weighted by molar-refractivity contribution is 0.0838. The first-order chi connectivity index (χ1) is 29.7. The fourth-order valence-electron chi connectivity index (χ4n) is 8.85. The number of aromatic hydroxyl groups is 1. The first kappa shape index (κ1) is 43.3. The number of phenolic OH excluding ortho intramolecular Hbond substituents is 1. The highest BCUT2D eigenvalue weighted by molar-refractivity contribution is 7.16. The maximum atomic E-state index is 13.3. The van der Waals surface area contributed by atoms with E-state index >= 15 is 0 Å². The van der Waals surface area contributed by atoms with Gasteiger partial charge in [-0.3, -0.25) is 19.1 Å². The number of hydrogen-bond donors (Lipinski definition) is 4. The van der Waals surface area contributed by atoms with E-state index in [1.54, 1.807) is 17.0 Å². The monoisotopic (exact) mass is 871 g/mol. The van der Waals surface area contributed by atoms with Crippen LogP contribution in [0.1, 0.15) is 62.8 Å². The van der Waals surface area contributed by atoms with Gasteiger partial charge in [0.25, 0.3) is 0 Å². The number of nitrogens with zero attached hydrogens (tertiary/aromatic N) is 3. The number of pyridine rings is 1. The summed E-state index contributed by atoms with van der Waals surface area (Å²) in [7, 11) is -2.24. The summed E-state index contributed by atoms with van der Waals surface area (Å²) in [4.78, 5) is 45.3. The topological polar surface area (TPSA) is 140 Å². The van der Waals surface area contributed by atoms with E-state index < -0.39 is 14.4 Å². The molecule has 2 atom stereocenters. The number of anilines is 1. The zero-order chi connectivity index (χ0) is 43.8. The molecule has 0 unspecified atom stereocenters. The number of carbonyl (C=O) groups is 1. The van der Waals surface area contributed by atoms with E-state index in [4.69, 9.17) is 4.43 Å². The van der Waals surface area contributed by atoms with Gasteiger partial charge in [0.1, 0.15) is 5.75 Å². The number of aryl methyl sites for hydroxylation is 1. The van der Waals surface area contributed by atoms with Crippen LogP contribution in [0.3, 0.4) is 0 Å². The van der Waals surface area contributed by atoms with Crippen LogP contribution in [0.4, 0.5) is 10.5 Å². The van der Waals surface area contributed by atoms with Gasteiger partial charge < -0.3 is 29.8 Å². The van der Waals surface area contributed by atoms with Gasteiger partial charge in [-0.05, 0) is 109 Å². The standard InChI is InChI=1S/C49H57N5O6SSi/c1-49(2,3)62(4,5)60-43(37-17-20-42(55)46-38(37)18-21-45(56)51-46)30-50-29-33-15-19-39-44(28-33)61-48(59)53(39)24-10-9-11-32-14-16-36(34-12-7-6-8-13-34)40(27-32)54(47(57)58)41-31-52-25-22-35(41)23-26-52/h6-9,11-21,27-28,35,41,43,50,55H,10,22-26,29-31H2,1-5H3,(H,51,56)(H,57,58)/t41-,43-/m0/s1. The Balaban J connectivity index is 0.968. The Hall–Kier alpha value is -5.31. The van der Waals surface area contributed by atoms with Crippen LogP contribution in [0.5, 0.6) is 5.75 Å². The van der Waals surface area contributed by atoms with Gasteiger partial charge in [-0.15, -0.1) is 0 Å². The smallest absolute Gasteiger partial charge is 0.412 e. The summed E-state index contributed by atoms with van der Waals surface area (Å²) in [5, 5.41) is 25.6. The first-order valence-electron chi connectivity index (χ1n) is 21.6. The normalized spacial score (nSPS) is 18.5. The number of phenols is 1. The number of aromatic amines is 1. The third kappa shape index (κ3) is 9.09. The molecular weight excluding hydrogens is 815 g/mol. The number of H-pyrrole nitrogens is 1. The molecule has 2 bridgehead atoms. The Morgan fingerprint density at radius 1 is 1.02 bits per heavy atom. The zero-order valence-electron chi connectivity index (χ0n) is 36.2.